The Balaban J connectivity index is 2.36. The molecule has 4 heteroatoms. The number of rotatable bonds is 1. The lowest BCUT2D eigenvalue weighted by molar-refractivity contribution is 1.15. The van der Waals surface area contributed by atoms with Gasteiger partial charge in [0.2, 0.25) is 0 Å². The molecule has 3 nitrogen and oxygen atoms in total. The van der Waals surface area contributed by atoms with Crippen LogP contribution in [-0.4, -0.2) is 9.38 Å². The van der Waals surface area contributed by atoms with Gasteiger partial charge in [0.05, 0.1) is 5.52 Å². The third kappa shape index (κ3) is 2.02. The fourth-order valence-electron chi connectivity index (χ4n) is 2.23. The standard InChI is InChI=1S/C15H14BrN3/c1-9-3-4-10(2)12(7-9)15-18-14(16)13-6-5-11(17)8-19(13)15/h3-8H,17H2,1-2H3. The summed E-state index contributed by atoms with van der Waals surface area (Å²) in [6.45, 7) is 4.18. The number of hydrogen-bond donors (Lipinski definition) is 1. The maximum atomic E-state index is 5.88. The maximum Gasteiger partial charge on any atom is 0.146 e. The first-order valence-corrected chi connectivity index (χ1v) is 6.86. The summed E-state index contributed by atoms with van der Waals surface area (Å²) in [6.07, 6.45) is 1.91. The van der Waals surface area contributed by atoms with Gasteiger partial charge in [-0.3, -0.25) is 4.40 Å². The SMILES string of the molecule is Cc1ccc(C)c(-c2nc(Br)c3ccc(N)cn23)c1. The van der Waals surface area contributed by atoms with E-state index in [0.29, 0.717) is 0 Å². The average molecular weight is 316 g/mol. The van der Waals surface area contributed by atoms with Crippen LogP contribution >= 0.6 is 15.9 Å². The molecule has 0 atom stereocenters. The van der Waals surface area contributed by atoms with Crippen LogP contribution in [-0.2, 0) is 0 Å². The molecule has 96 valence electrons. The highest BCUT2D eigenvalue weighted by Crippen LogP contribution is 2.29. The van der Waals surface area contributed by atoms with Crippen LogP contribution in [0.15, 0.2) is 41.1 Å². The lowest BCUT2D eigenvalue weighted by Gasteiger charge is -2.07. The summed E-state index contributed by atoms with van der Waals surface area (Å²) in [5.41, 5.74) is 11.2. The van der Waals surface area contributed by atoms with Crippen molar-refractivity contribution in [2.45, 2.75) is 13.8 Å². The van der Waals surface area contributed by atoms with Crippen LogP contribution in [0.5, 0.6) is 0 Å². The number of pyridine rings is 1. The average Bonchev–Trinajstić information content (AvgIpc) is 2.69. The summed E-state index contributed by atoms with van der Waals surface area (Å²) in [6, 6.07) is 10.2. The Morgan fingerprint density at radius 1 is 1.16 bits per heavy atom. The van der Waals surface area contributed by atoms with Crippen LogP contribution in [0.1, 0.15) is 11.1 Å². The van der Waals surface area contributed by atoms with Gasteiger partial charge in [0.15, 0.2) is 0 Å². The number of nitrogens with zero attached hydrogens (tertiary/aromatic N) is 2. The van der Waals surface area contributed by atoms with Crippen molar-refractivity contribution < 1.29 is 0 Å². The molecule has 0 saturated heterocycles. The van der Waals surface area contributed by atoms with Crippen molar-refractivity contribution in [1.29, 1.82) is 0 Å². The number of aromatic nitrogens is 2. The molecule has 0 radical (unpaired) electrons. The molecule has 3 aromatic rings. The normalized spacial score (nSPS) is 11.1. The monoisotopic (exact) mass is 315 g/mol. The van der Waals surface area contributed by atoms with Crippen molar-refractivity contribution in [3.63, 3.8) is 0 Å². The van der Waals surface area contributed by atoms with Crippen LogP contribution in [0.2, 0.25) is 0 Å². The second kappa shape index (κ2) is 4.38. The highest BCUT2D eigenvalue weighted by atomic mass is 79.9. The minimum atomic E-state index is 0.726. The Bertz CT molecular complexity index is 774. The Kier molecular flexibility index (Phi) is 2.82. The zero-order valence-corrected chi connectivity index (χ0v) is 12.4. The van der Waals surface area contributed by atoms with Gasteiger partial charge in [-0.05, 0) is 53.5 Å². The first kappa shape index (κ1) is 12.2. The second-order valence-electron chi connectivity index (χ2n) is 4.76. The predicted molar refractivity (Wildman–Crippen MR) is 82.2 cm³/mol. The number of aryl methyl sites for hydroxylation is 2. The molecule has 0 saturated carbocycles. The number of hydrogen-bond acceptors (Lipinski definition) is 2. The minimum Gasteiger partial charge on any atom is -0.398 e. The number of benzene rings is 1. The van der Waals surface area contributed by atoms with Crippen molar-refractivity contribution in [2.75, 3.05) is 5.73 Å². The molecule has 0 unspecified atom stereocenters. The fourth-order valence-corrected chi connectivity index (χ4v) is 2.72. The van der Waals surface area contributed by atoms with Gasteiger partial charge >= 0.3 is 0 Å². The number of nitrogens with two attached hydrogens (primary N) is 1. The lowest BCUT2D eigenvalue weighted by Crippen LogP contribution is -1.94. The smallest absolute Gasteiger partial charge is 0.146 e. The molecular weight excluding hydrogens is 302 g/mol. The zero-order valence-electron chi connectivity index (χ0n) is 10.8. The summed E-state index contributed by atoms with van der Waals surface area (Å²) in [7, 11) is 0. The summed E-state index contributed by atoms with van der Waals surface area (Å²) in [5.74, 6) is 0.912. The maximum absolute atomic E-state index is 5.88. The predicted octanol–water partition coefficient (Wildman–Crippen LogP) is 3.96. The molecule has 2 aromatic heterocycles. The highest BCUT2D eigenvalue weighted by molar-refractivity contribution is 9.10. The molecule has 2 heterocycles. The van der Waals surface area contributed by atoms with E-state index in [2.05, 4.69) is 53.0 Å². The van der Waals surface area contributed by atoms with Crippen LogP contribution in [0.25, 0.3) is 16.9 Å². The van der Waals surface area contributed by atoms with Crippen molar-refractivity contribution in [2.24, 2.45) is 0 Å². The van der Waals surface area contributed by atoms with Gasteiger partial charge in [0, 0.05) is 17.4 Å². The molecule has 1 aromatic carbocycles. The number of halogens is 1. The number of anilines is 1. The van der Waals surface area contributed by atoms with E-state index in [9.17, 15) is 0 Å². The van der Waals surface area contributed by atoms with Crippen molar-refractivity contribution in [3.8, 4) is 11.4 Å². The minimum absolute atomic E-state index is 0.726. The molecule has 3 rings (SSSR count). The summed E-state index contributed by atoms with van der Waals surface area (Å²) in [5, 5.41) is 0. The molecule has 0 spiro atoms. The van der Waals surface area contributed by atoms with E-state index in [1.54, 1.807) is 0 Å². The third-order valence-corrected chi connectivity index (χ3v) is 3.83. The van der Waals surface area contributed by atoms with Crippen molar-refractivity contribution in [1.82, 2.24) is 9.38 Å². The molecule has 2 N–H and O–H groups in total. The molecule has 0 aliphatic rings. The van der Waals surface area contributed by atoms with Crippen LogP contribution in [0.3, 0.4) is 0 Å². The van der Waals surface area contributed by atoms with Gasteiger partial charge in [-0.2, -0.15) is 0 Å². The van der Waals surface area contributed by atoms with E-state index < -0.39 is 0 Å². The summed E-state index contributed by atoms with van der Waals surface area (Å²) >= 11 is 3.51. The van der Waals surface area contributed by atoms with Crippen molar-refractivity contribution >= 4 is 27.1 Å². The first-order valence-electron chi connectivity index (χ1n) is 6.07. The Hall–Kier alpha value is -1.81. The van der Waals surface area contributed by atoms with E-state index in [1.165, 1.54) is 11.1 Å². The van der Waals surface area contributed by atoms with Crippen LogP contribution < -0.4 is 5.73 Å². The molecular formula is C15H14BrN3. The van der Waals surface area contributed by atoms with Gasteiger partial charge in [0.1, 0.15) is 10.4 Å². The number of imidazole rings is 1. The van der Waals surface area contributed by atoms with Crippen molar-refractivity contribution in [3.05, 3.63) is 52.3 Å². The van der Waals surface area contributed by atoms with Gasteiger partial charge in [-0.15, -0.1) is 0 Å². The largest absolute Gasteiger partial charge is 0.398 e. The molecule has 0 aliphatic heterocycles. The Morgan fingerprint density at radius 3 is 2.74 bits per heavy atom. The van der Waals surface area contributed by atoms with E-state index in [-0.39, 0.29) is 0 Å². The Morgan fingerprint density at radius 2 is 1.95 bits per heavy atom. The quantitative estimate of drug-likeness (QED) is 0.738. The second-order valence-corrected chi connectivity index (χ2v) is 5.51. The first-order chi connectivity index (χ1) is 9.06. The summed E-state index contributed by atoms with van der Waals surface area (Å²) < 4.78 is 2.87. The van der Waals surface area contributed by atoms with Gasteiger partial charge in [-0.25, -0.2) is 4.98 Å². The van der Waals surface area contributed by atoms with Crippen LogP contribution in [0.4, 0.5) is 5.69 Å². The van der Waals surface area contributed by atoms with E-state index in [1.807, 2.05) is 22.7 Å². The number of nitrogen functional groups attached to an aromatic ring is 1. The van der Waals surface area contributed by atoms with Gasteiger partial charge in [0.25, 0.3) is 0 Å². The fraction of sp³-hybridized carbons (Fsp3) is 0.133. The zero-order chi connectivity index (χ0) is 13.6. The molecule has 0 aliphatic carbocycles. The third-order valence-electron chi connectivity index (χ3n) is 3.25. The topological polar surface area (TPSA) is 43.3 Å². The number of fused-ring (bicyclic) bond motifs is 1. The van der Waals surface area contributed by atoms with Gasteiger partial charge < -0.3 is 5.73 Å². The molecule has 19 heavy (non-hydrogen) atoms. The molecule has 0 amide bonds. The highest BCUT2D eigenvalue weighted by Gasteiger charge is 2.13. The van der Waals surface area contributed by atoms with E-state index in [0.717, 1.165) is 27.2 Å². The van der Waals surface area contributed by atoms with Gasteiger partial charge in [-0.1, -0.05) is 17.7 Å². The van der Waals surface area contributed by atoms with E-state index in [4.69, 9.17) is 5.73 Å². The lowest BCUT2D eigenvalue weighted by atomic mass is 10.1. The molecule has 0 bridgehead atoms. The summed E-state index contributed by atoms with van der Waals surface area (Å²) in [4.78, 5) is 4.63. The molecule has 0 fully saturated rings. The van der Waals surface area contributed by atoms with Crippen LogP contribution in [0, 0.1) is 13.8 Å². The Labute approximate surface area is 120 Å². The van der Waals surface area contributed by atoms with E-state index >= 15 is 0 Å².